The van der Waals surface area contributed by atoms with Crippen LogP contribution in [-0.4, -0.2) is 74.5 Å². The van der Waals surface area contributed by atoms with Crippen LogP contribution in [0.25, 0.3) is 0 Å². The highest BCUT2D eigenvalue weighted by Crippen LogP contribution is 2.54. The first-order chi connectivity index (χ1) is 19.0. The molecule has 1 atom stereocenters. The first-order valence-electron chi connectivity index (χ1n) is 14.5. The van der Waals surface area contributed by atoms with E-state index in [1.807, 2.05) is 29.2 Å². The molecule has 1 N–H and O–H groups in total. The van der Waals surface area contributed by atoms with Gasteiger partial charge in [-0.15, -0.1) is 11.8 Å². The second-order valence-corrected chi connectivity index (χ2v) is 13.6. The summed E-state index contributed by atoms with van der Waals surface area (Å²) in [6.07, 6.45) is -1.39. The monoisotopic (exact) mass is 580 g/mol. The zero-order valence-corrected chi connectivity index (χ0v) is 24.0. The normalized spacial score (nSPS) is 27.9. The topological polar surface area (TPSA) is 73.0 Å². The number of para-hydroxylation sites is 1. The number of piperidine rings is 1. The van der Waals surface area contributed by atoms with E-state index in [0.717, 1.165) is 17.7 Å². The molecule has 1 saturated carbocycles. The Labute approximate surface area is 238 Å². The van der Waals surface area contributed by atoms with Gasteiger partial charge in [0.1, 0.15) is 0 Å². The van der Waals surface area contributed by atoms with Gasteiger partial charge in [-0.1, -0.05) is 32.0 Å². The Hall–Kier alpha value is -2.43. The van der Waals surface area contributed by atoms with Crippen molar-refractivity contribution in [1.82, 2.24) is 14.7 Å². The first-order valence-corrected chi connectivity index (χ1v) is 15.3. The minimum absolute atomic E-state index is 0.0185. The molecule has 4 aliphatic rings. The fraction of sp³-hybridized carbons (Fsp3) is 0.690. The zero-order chi connectivity index (χ0) is 28.7. The van der Waals surface area contributed by atoms with Crippen LogP contribution in [0.15, 0.2) is 24.3 Å². The van der Waals surface area contributed by atoms with Gasteiger partial charge in [-0.3, -0.25) is 9.59 Å². The fourth-order valence-electron chi connectivity index (χ4n) is 6.60. The van der Waals surface area contributed by atoms with Crippen LogP contribution >= 0.6 is 11.8 Å². The fourth-order valence-corrected chi connectivity index (χ4v) is 8.36. The third-order valence-corrected chi connectivity index (χ3v) is 10.8. The van der Waals surface area contributed by atoms with Crippen molar-refractivity contribution in [2.24, 2.45) is 11.8 Å². The molecule has 0 bridgehead atoms. The number of halogens is 3. The molecule has 11 heteroatoms. The highest BCUT2D eigenvalue weighted by Gasteiger charge is 2.55. The highest BCUT2D eigenvalue weighted by molar-refractivity contribution is 8.02. The van der Waals surface area contributed by atoms with Crippen LogP contribution in [0, 0.1) is 11.8 Å². The van der Waals surface area contributed by atoms with E-state index in [2.05, 4.69) is 19.2 Å². The van der Waals surface area contributed by atoms with Gasteiger partial charge in [0.25, 0.3) is 0 Å². The predicted octanol–water partition coefficient (Wildman–Crippen LogP) is 5.85. The van der Waals surface area contributed by atoms with Crippen LogP contribution in [0.1, 0.15) is 70.8 Å². The van der Waals surface area contributed by atoms with Crippen molar-refractivity contribution in [3.8, 4) is 0 Å². The number of hydrogen-bond donors (Lipinski definition) is 1. The Bertz CT molecular complexity index is 1110. The van der Waals surface area contributed by atoms with Gasteiger partial charge in [0.2, 0.25) is 11.8 Å². The van der Waals surface area contributed by atoms with E-state index in [9.17, 15) is 27.6 Å². The number of nitrogens with one attached hydrogen (secondary N) is 1. The molecule has 1 aromatic carbocycles. The van der Waals surface area contributed by atoms with E-state index in [1.165, 1.54) is 11.8 Å². The van der Waals surface area contributed by atoms with E-state index < -0.39 is 22.2 Å². The van der Waals surface area contributed by atoms with Crippen molar-refractivity contribution in [2.45, 2.75) is 94.1 Å². The van der Waals surface area contributed by atoms with E-state index >= 15 is 0 Å². The van der Waals surface area contributed by atoms with Gasteiger partial charge in [-0.25, -0.2) is 4.79 Å². The van der Waals surface area contributed by atoms with Gasteiger partial charge in [0.05, 0.1) is 16.0 Å². The SMILES string of the molecule is CC(C)CCN1C(=O)C(CC(=O)N2CCC(N3Cc4ccccc4NC3=O)CC2)SC12CCC(C(F)(F)F)CC2. The van der Waals surface area contributed by atoms with Crippen molar-refractivity contribution >= 4 is 35.3 Å². The molecule has 5 rings (SSSR count). The first kappa shape index (κ1) is 29.1. The van der Waals surface area contributed by atoms with Gasteiger partial charge in [0.15, 0.2) is 0 Å². The summed E-state index contributed by atoms with van der Waals surface area (Å²) in [6, 6.07) is 7.65. The Morgan fingerprint density at radius 2 is 1.77 bits per heavy atom. The maximum absolute atomic E-state index is 13.5. The predicted molar refractivity (Wildman–Crippen MR) is 149 cm³/mol. The molecule has 1 unspecified atom stereocenters. The number of fused-ring (bicyclic) bond motifs is 1. The minimum atomic E-state index is -4.21. The van der Waals surface area contributed by atoms with Crippen molar-refractivity contribution in [1.29, 1.82) is 0 Å². The molecular formula is C29H39F3N4O3S. The number of nitrogens with zero attached hydrogens (tertiary/aromatic N) is 3. The molecule has 220 valence electrons. The van der Waals surface area contributed by atoms with E-state index in [0.29, 0.717) is 57.8 Å². The Morgan fingerprint density at radius 3 is 2.42 bits per heavy atom. The molecule has 4 amide bonds. The lowest BCUT2D eigenvalue weighted by molar-refractivity contribution is -0.185. The summed E-state index contributed by atoms with van der Waals surface area (Å²) in [5.41, 5.74) is 1.90. The van der Waals surface area contributed by atoms with Crippen molar-refractivity contribution in [2.75, 3.05) is 25.0 Å². The summed E-state index contributed by atoms with van der Waals surface area (Å²) < 4.78 is 40.1. The Kier molecular flexibility index (Phi) is 8.32. The number of thioether (sulfide) groups is 1. The van der Waals surface area contributed by atoms with Crippen molar-refractivity contribution < 1.29 is 27.6 Å². The third-order valence-electron chi connectivity index (χ3n) is 9.03. The summed E-state index contributed by atoms with van der Waals surface area (Å²) >= 11 is 1.42. The van der Waals surface area contributed by atoms with Gasteiger partial charge in [-0.2, -0.15) is 13.2 Å². The van der Waals surface area contributed by atoms with Gasteiger partial charge >= 0.3 is 12.2 Å². The molecule has 3 fully saturated rings. The summed E-state index contributed by atoms with van der Waals surface area (Å²) in [7, 11) is 0. The lowest BCUT2D eigenvalue weighted by Crippen LogP contribution is -2.51. The van der Waals surface area contributed by atoms with E-state index in [4.69, 9.17) is 0 Å². The summed E-state index contributed by atoms with van der Waals surface area (Å²) in [5.74, 6) is -1.16. The molecule has 1 spiro atoms. The van der Waals surface area contributed by atoms with Crippen molar-refractivity contribution in [3.63, 3.8) is 0 Å². The number of amides is 4. The summed E-state index contributed by atoms with van der Waals surface area (Å²) in [4.78, 5) is 44.4. The second-order valence-electron chi connectivity index (χ2n) is 12.1. The smallest absolute Gasteiger partial charge is 0.342 e. The van der Waals surface area contributed by atoms with Gasteiger partial charge in [-0.05, 0) is 62.5 Å². The Morgan fingerprint density at radius 1 is 1.10 bits per heavy atom. The number of likely N-dealkylation sites (tertiary alicyclic amines) is 1. The average Bonchev–Trinajstić information content (AvgIpc) is 3.16. The number of carbonyl (C=O) groups is 3. The maximum Gasteiger partial charge on any atom is 0.391 e. The molecule has 0 aromatic heterocycles. The molecule has 2 saturated heterocycles. The summed E-state index contributed by atoms with van der Waals surface area (Å²) in [5, 5.41) is 2.39. The van der Waals surface area contributed by atoms with Crippen LogP contribution in [0.2, 0.25) is 0 Å². The second kappa shape index (κ2) is 11.4. The quantitative estimate of drug-likeness (QED) is 0.458. The molecule has 40 heavy (non-hydrogen) atoms. The summed E-state index contributed by atoms with van der Waals surface area (Å²) in [6.45, 7) is 6.20. The van der Waals surface area contributed by atoms with Crippen LogP contribution in [0.3, 0.4) is 0 Å². The Balaban J connectivity index is 1.19. The maximum atomic E-state index is 13.5. The number of alkyl halides is 3. The molecule has 1 aromatic rings. The molecule has 3 heterocycles. The van der Waals surface area contributed by atoms with Crippen LogP contribution in [0.4, 0.5) is 23.7 Å². The number of benzene rings is 1. The van der Waals surface area contributed by atoms with Crippen LogP contribution < -0.4 is 5.32 Å². The number of carbonyl (C=O) groups excluding carboxylic acids is 3. The zero-order valence-electron chi connectivity index (χ0n) is 23.2. The van der Waals surface area contributed by atoms with E-state index in [-0.39, 0.29) is 43.1 Å². The van der Waals surface area contributed by atoms with Crippen LogP contribution in [0.5, 0.6) is 0 Å². The molecule has 7 nitrogen and oxygen atoms in total. The van der Waals surface area contributed by atoms with Gasteiger partial charge < -0.3 is 20.0 Å². The van der Waals surface area contributed by atoms with Gasteiger partial charge in [0, 0.05) is 44.3 Å². The number of anilines is 1. The lowest BCUT2D eigenvalue weighted by atomic mass is 9.84. The van der Waals surface area contributed by atoms with Crippen LogP contribution in [-0.2, 0) is 16.1 Å². The average molecular weight is 581 g/mol. The molecule has 1 aliphatic carbocycles. The van der Waals surface area contributed by atoms with E-state index in [1.54, 1.807) is 9.80 Å². The standard InChI is InChI=1S/C29H39F3N4O3S/c1-19(2)9-16-36-26(38)24(40-28(36)12-7-21(8-13-28)29(30,31)32)17-25(37)34-14-10-22(11-15-34)35-18-20-5-3-4-6-23(20)33-27(35)39/h3-6,19,21-22,24H,7-18H2,1-2H3,(H,33,39). The largest absolute Gasteiger partial charge is 0.391 e. The minimum Gasteiger partial charge on any atom is -0.342 e. The van der Waals surface area contributed by atoms with Crippen molar-refractivity contribution in [3.05, 3.63) is 29.8 Å². The third kappa shape index (κ3) is 5.94. The lowest BCUT2D eigenvalue weighted by Gasteiger charge is -2.43. The highest BCUT2D eigenvalue weighted by atomic mass is 32.2. The molecule has 3 aliphatic heterocycles. The number of urea groups is 1. The number of hydrogen-bond acceptors (Lipinski definition) is 4. The molecule has 0 radical (unpaired) electrons. The number of rotatable bonds is 6. The molecular weight excluding hydrogens is 541 g/mol.